The number of ether oxygens (including phenoxy) is 2. The zero-order chi connectivity index (χ0) is 12.1. The third-order valence-corrected chi connectivity index (χ3v) is 2.11. The molecule has 0 radical (unpaired) electrons. The van der Waals surface area contributed by atoms with Gasteiger partial charge in [-0.3, -0.25) is 4.79 Å². The normalized spacial score (nSPS) is 10.5. The van der Waals surface area contributed by atoms with Crippen molar-refractivity contribution < 1.29 is 14.3 Å². The molecule has 16 heavy (non-hydrogen) atoms. The van der Waals surface area contributed by atoms with E-state index in [4.69, 9.17) is 15.2 Å². The summed E-state index contributed by atoms with van der Waals surface area (Å²) in [6, 6.07) is 4.99. The molecule has 0 unspecified atom stereocenters. The SMILES string of the molecule is COc1ccc(C(=O)COC(C)C)c(N)c1. The van der Waals surface area contributed by atoms with Gasteiger partial charge in [-0.05, 0) is 26.0 Å². The predicted octanol–water partition coefficient (Wildman–Crippen LogP) is 1.89. The third kappa shape index (κ3) is 3.24. The molecule has 1 rings (SSSR count). The Kier molecular flexibility index (Phi) is 4.31. The van der Waals surface area contributed by atoms with Gasteiger partial charge in [0.25, 0.3) is 0 Å². The van der Waals surface area contributed by atoms with E-state index in [2.05, 4.69) is 0 Å². The number of hydrogen-bond acceptors (Lipinski definition) is 4. The summed E-state index contributed by atoms with van der Waals surface area (Å²) in [5.41, 5.74) is 6.64. The Balaban J connectivity index is 2.76. The number of nitrogens with two attached hydrogens (primary N) is 1. The number of ketones is 1. The van der Waals surface area contributed by atoms with Crippen LogP contribution < -0.4 is 10.5 Å². The fourth-order valence-corrected chi connectivity index (χ4v) is 1.24. The highest BCUT2D eigenvalue weighted by molar-refractivity contribution is 6.01. The Morgan fingerprint density at radius 2 is 2.12 bits per heavy atom. The lowest BCUT2D eigenvalue weighted by Crippen LogP contribution is -2.14. The topological polar surface area (TPSA) is 61.5 Å². The standard InChI is InChI=1S/C12H17NO3/c1-8(2)16-7-12(14)10-5-4-9(15-3)6-11(10)13/h4-6,8H,7,13H2,1-3H3. The molecule has 0 saturated carbocycles. The van der Waals surface area contributed by atoms with Gasteiger partial charge in [0.1, 0.15) is 12.4 Å². The molecule has 0 aliphatic carbocycles. The lowest BCUT2D eigenvalue weighted by Gasteiger charge is -2.09. The van der Waals surface area contributed by atoms with Gasteiger partial charge in [0.2, 0.25) is 0 Å². The van der Waals surface area contributed by atoms with Gasteiger partial charge < -0.3 is 15.2 Å². The van der Waals surface area contributed by atoms with Crippen LogP contribution in [0.25, 0.3) is 0 Å². The van der Waals surface area contributed by atoms with Crippen molar-refractivity contribution in [1.82, 2.24) is 0 Å². The lowest BCUT2D eigenvalue weighted by atomic mass is 10.1. The summed E-state index contributed by atoms with van der Waals surface area (Å²) >= 11 is 0. The van der Waals surface area contributed by atoms with Crippen molar-refractivity contribution in [2.24, 2.45) is 0 Å². The van der Waals surface area contributed by atoms with Crippen molar-refractivity contribution in [3.05, 3.63) is 23.8 Å². The van der Waals surface area contributed by atoms with Crippen LogP contribution in [-0.2, 0) is 4.74 Å². The highest BCUT2D eigenvalue weighted by Crippen LogP contribution is 2.20. The summed E-state index contributed by atoms with van der Waals surface area (Å²) in [5.74, 6) is 0.521. The van der Waals surface area contributed by atoms with Gasteiger partial charge in [0.15, 0.2) is 5.78 Å². The van der Waals surface area contributed by atoms with Crippen LogP contribution in [0.5, 0.6) is 5.75 Å². The van der Waals surface area contributed by atoms with Crippen molar-refractivity contribution in [2.75, 3.05) is 19.5 Å². The van der Waals surface area contributed by atoms with E-state index in [1.165, 1.54) is 0 Å². The van der Waals surface area contributed by atoms with Crippen LogP contribution in [0.3, 0.4) is 0 Å². The van der Waals surface area contributed by atoms with Crippen LogP contribution in [-0.4, -0.2) is 25.6 Å². The zero-order valence-electron chi connectivity index (χ0n) is 9.82. The van der Waals surface area contributed by atoms with Gasteiger partial charge >= 0.3 is 0 Å². The van der Waals surface area contributed by atoms with Crippen molar-refractivity contribution in [1.29, 1.82) is 0 Å². The molecular formula is C12H17NO3. The minimum atomic E-state index is -0.117. The minimum Gasteiger partial charge on any atom is -0.497 e. The lowest BCUT2D eigenvalue weighted by molar-refractivity contribution is 0.0585. The molecule has 0 amide bonds. The van der Waals surface area contributed by atoms with E-state index >= 15 is 0 Å². The first-order valence-electron chi connectivity index (χ1n) is 5.13. The van der Waals surface area contributed by atoms with Crippen LogP contribution in [0.4, 0.5) is 5.69 Å². The number of rotatable bonds is 5. The van der Waals surface area contributed by atoms with Crippen molar-refractivity contribution in [3.8, 4) is 5.75 Å². The molecule has 0 atom stereocenters. The van der Waals surface area contributed by atoms with Gasteiger partial charge in [0.05, 0.1) is 13.2 Å². The molecule has 0 fully saturated rings. The van der Waals surface area contributed by atoms with Crippen LogP contribution in [0.1, 0.15) is 24.2 Å². The summed E-state index contributed by atoms with van der Waals surface area (Å²) in [7, 11) is 1.55. The number of carbonyl (C=O) groups is 1. The van der Waals surface area contributed by atoms with E-state index in [-0.39, 0.29) is 18.5 Å². The number of nitrogen functional groups attached to an aromatic ring is 1. The Hall–Kier alpha value is -1.55. The molecule has 88 valence electrons. The average Bonchev–Trinajstić information content (AvgIpc) is 2.25. The summed E-state index contributed by atoms with van der Waals surface area (Å²) < 4.78 is 10.2. The molecule has 0 saturated heterocycles. The molecule has 4 nitrogen and oxygen atoms in total. The molecule has 0 heterocycles. The van der Waals surface area contributed by atoms with Crippen LogP contribution in [0.2, 0.25) is 0 Å². The quantitative estimate of drug-likeness (QED) is 0.611. The number of carbonyl (C=O) groups excluding carboxylic acids is 1. The number of anilines is 1. The fourth-order valence-electron chi connectivity index (χ4n) is 1.24. The summed E-state index contributed by atoms with van der Waals surface area (Å²) in [5, 5.41) is 0. The smallest absolute Gasteiger partial charge is 0.190 e. The Morgan fingerprint density at radius 1 is 1.44 bits per heavy atom. The van der Waals surface area contributed by atoms with Gasteiger partial charge in [-0.15, -0.1) is 0 Å². The first kappa shape index (κ1) is 12.5. The number of methoxy groups -OCH3 is 1. The zero-order valence-corrected chi connectivity index (χ0v) is 9.82. The second kappa shape index (κ2) is 5.51. The Labute approximate surface area is 95.3 Å². The summed E-state index contributed by atoms with van der Waals surface area (Å²) in [6.45, 7) is 3.81. The van der Waals surface area contributed by atoms with Crippen LogP contribution in [0.15, 0.2) is 18.2 Å². The van der Waals surface area contributed by atoms with Crippen molar-refractivity contribution in [3.63, 3.8) is 0 Å². The fraction of sp³-hybridized carbons (Fsp3) is 0.417. The Morgan fingerprint density at radius 3 is 2.62 bits per heavy atom. The molecule has 0 spiro atoms. The predicted molar refractivity (Wildman–Crippen MR) is 62.8 cm³/mol. The average molecular weight is 223 g/mol. The number of hydrogen-bond donors (Lipinski definition) is 1. The molecular weight excluding hydrogens is 206 g/mol. The maximum absolute atomic E-state index is 11.7. The van der Waals surface area contributed by atoms with Crippen LogP contribution in [0, 0.1) is 0 Å². The second-order valence-corrected chi connectivity index (χ2v) is 3.74. The molecule has 0 aromatic heterocycles. The third-order valence-electron chi connectivity index (χ3n) is 2.11. The van der Waals surface area contributed by atoms with Crippen molar-refractivity contribution >= 4 is 11.5 Å². The van der Waals surface area contributed by atoms with E-state index in [0.717, 1.165) is 0 Å². The van der Waals surface area contributed by atoms with E-state index in [1.54, 1.807) is 25.3 Å². The van der Waals surface area contributed by atoms with E-state index in [1.807, 2.05) is 13.8 Å². The largest absolute Gasteiger partial charge is 0.497 e. The first-order valence-corrected chi connectivity index (χ1v) is 5.13. The maximum atomic E-state index is 11.7. The van der Waals surface area contributed by atoms with Gasteiger partial charge in [-0.2, -0.15) is 0 Å². The number of Topliss-reactive ketones (excluding diaryl/α,β-unsaturated/α-hetero) is 1. The monoisotopic (exact) mass is 223 g/mol. The van der Waals surface area contributed by atoms with Crippen molar-refractivity contribution in [2.45, 2.75) is 20.0 Å². The second-order valence-electron chi connectivity index (χ2n) is 3.74. The molecule has 1 aromatic rings. The number of benzene rings is 1. The molecule has 1 aromatic carbocycles. The van der Waals surface area contributed by atoms with E-state index < -0.39 is 0 Å². The molecule has 0 bridgehead atoms. The molecule has 4 heteroatoms. The Bertz CT molecular complexity index is 375. The van der Waals surface area contributed by atoms with Crippen LogP contribution >= 0.6 is 0 Å². The highest BCUT2D eigenvalue weighted by Gasteiger charge is 2.11. The van der Waals surface area contributed by atoms with Gasteiger partial charge in [-0.25, -0.2) is 0 Å². The highest BCUT2D eigenvalue weighted by atomic mass is 16.5. The summed E-state index contributed by atoms with van der Waals surface area (Å²) in [6.07, 6.45) is 0.0309. The van der Waals surface area contributed by atoms with Gasteiger partial charge in [0, 0.05) is 17.3 Å². The molecule has 0 aliphatic rings. The van der Waals surface area contributed by atoms with E-state index in [9.17, 15) is 4.79 Å². The first-order chi connectivity index (χ1) is 7.54. The molecule has 0 aliphatic heterocycles. The van der Waals surface area contributed by atoms with Gasteiger partial charge in [-0.1, -0.05) is 0 Å². The minimum absolute atomic E-state index is 0.0309. The molecule has 2 N–H and O–H groups in total. The maximum Gasteiger partial charge on any atom is 0.190 e. The van der Waals surface area contributed by atoms with E-state index in [0.29, 0.717) is 17.0 Å². The summed E-state index contributed by atoms with van der Waals surface area (Å²) in [4.78, 5) is 11.7.